The number of nitrogens with zero attached hydrogens (tertiary/aromatic N) is 1. The summed E-state index contributed by atoms with van der Waals surface area (Å²) >= 11 is 6.30. The van der Waals surface area contributed by atoms with Crippen molar-refractivity contribution in [2.45, 2.75) is 26.9 Å². The highest BCUT2D eigenvalue weighted by Crippen LogP contribution is 2.37. The molecule has 0 aliphatic carbocycles. The van der Waals surface area contributed by atoms with E-state index < -0.39 is 6.03 Å². The van der Waals surface area contributed by atoms with Crippen molar-refractivity contribution in [3.05, 3.63) is 53.1 Å². The maximum atomic E-state index is 11.8. The zero-order valence-corrected chi connectivity index (χ0v) is 15.7. The van der Waals surface area contributed by atoms with E-state index in [4.69, 9.17) is 21.1 Å². The van der Waals surface area contributed by atoms with Crippen LogP contribution in [0.15, 0.2) is 47.6 Å². The van der Waals surface area contributed by atoms with Gasteiger partial charge in [0.2, 0.25) is 0 Å². The number of hydrogen-bond acceptors (Lipinski definition) is 4. The van der Waals surface area contributed by atoms with Crippen molar-refractivity contribution in [2.75, 3.05) is 11.9 Å². The van der Waals surface area contributed by atoms with Gasteiger partial charge in [0.15, 0.2) is 11.5 Å². The lowest BCUT2D eigenvalue weighted by atomic mass is 10.2. The molecule has 0 saturated heterocycles. The zero-order chi connectivity index (χ0) is 18.9. The van der Waals surface area contributed by atoms with Gasteiger partial charge in [-0.25, -0.2) is 10.2 Å². The second-order valence-corrected chi connectivity index (χ2v) is 6.03. The molecule has 2 aromatic rings. The first kappa shape index (κ1) is 19.6. The number of anilines is 1. The fourth-order valence-electron chi connectivity index (χ4n) is 2.12. The predicted octanol–water partition coefficient (Wildman–Crippen LogP) is 4.68. The number of nitrogens with one attached hydrogen (secondary N) is 2. The summed E-state index contributed by atoms with van der Waals surface area (Å²) in [6.45, 7) is 6.18. The van der Waals surface area contributed by atoms with Gasteiger partial charge in [-0.2, -0.15) is 5.10 Å². The van der Waals surface area contributed by atoms with Crippen LogP contribution >= 0.6 is 11.6 Å². The molecule has 0 aliphatic rings. The average Bonchev–Trinajstić information content (AvgIpc) is 2.59. The molecule has 0 aliphatic heterocycles. The van der Waals surface area contributed by atoms with Crippen LogP contribution in [0.1, 0.15) is 26.3 Å². The molecule has 0 fully saturated rings. The van der Waals surface area contributed by atoms with Crippen LogP contribution in [-0.2, 0) is 0 Å². The third kappa shape index (κ3) is 5.97. The van der Waals surface area contributed by atoms with Gasteiger partial charge in [-0.05, 0) is 50.6 Å². The molecule has 0 spiro atoms. The van der Waals surface area contributed by atoms with Gasteiger partial charge in [-0.3, -0.25) is 0 Å². The Kier molecular flexibility index (Phi) is 7.29. The molecule has 0 saturated carbocycles. The SMILES string of the molecule is CCOc1cc(/C=N/NC(=O)Nc2ccccc2)cc(Cl)c1OC(C)C. The van der Waals surface area contributed by atoms with Crippen LogP contribution in [0.4, 0.5) is 10.5 Å². The number of ether oxygens (including phenoxy) is 2. The fourth-order valence-corrected chi connectivity index (χ4v) is 2.39. The number of hydrazone groups is 1. The van der Waals surface area contributed by atoms with Gasteiger partial charge in [-0.1, -0.05) is 29.8 Å². The van der Waals surface area contributed by atoms with Gasteiger partial charge in [0.1, 0.15) is 0 Å². The Hall–Kier alpha value is -2.73. The van der Waals surface area contributed by atoms with E-state index >= 15 is 0 Å². The fraction of sp³-hybridized carbons (Fsp3) is 0.263. The number of urea groups is 1. The van der Waals surface area contributed by atoms with E-state index in [0.717, 1.165) is 0 Å². The highest BCUT2D eigenvalue weighted by molar-refractivity contribution is 6.32. The van der Waals surface area contributed by atoms with Crippen molar-refractivity contribution in [1.82, 2.24) is 5.43 Å². The van der Waals surface area contributed by atoms with E-state index in [-0.39, 0.29) is 6.10 Å². The molecule has 26 heavy (non-hydrogen) atoms. The summed E-state index contributed by atoms with van der Waals surface area (Å²) in [4.78, 5) is 11.8. The summed E-state index contributed by atoms with van der Waals surface area (Å²) in [5.74, 6) is 1.03. The first-order valence-corrected chi connectivity index (χ1v) is 8.65. The van der Waals surface area contributed by atoms with E-state index in [1.807, 2.05) is 39.0 Å². The second kappa shape index (κ2) is 9.68. The van der Waals surface area contributed by atoms with Gasteiger partial charge in [-0.15, -0.1) is 0 Å². The molecule has 2 rings (SSSR count). The highest BCUT2D eigenvalue weighted by atomic mass is 35.5. The first-order chi connectivity index (χ1) is 12.5. The molecule has 0 aromatic heterocycles. The van der Waals surface area contributed by atoms with Crippen LogP contribution in [0.25, 0.3) is 0 Å². The summed E-state index contributed by atoms with van der Waals surface area (Å²) in [6, 6.07) is 12.1. The van der Waals surface area contributed by atoms with Crippen LogP contribution < -0.4 is 20.2 Å². The number of para-hydroxylation sites is 1. The lowest BCUT2D eigenvalue weighted by molar-refractivity contribution is 0.224. The minimum Gasteiger partial charge on any atom is -0.490 e. The maximum absolute atomic E-state index is 11.8. The highest BCUT2D eigenvalue weighted by Gasteiger charge is 2.13. The topological polar surface area (TPSA) is 72.0 Å². The normalized spacial score (nSPS) is 10.8. The molecule has 7 heteroatoms. The van der Waals surface area contributed by atoms with Crippen molar-refractivity contribution < 1.29 is 14.3 Å². The average molecular weight is 376 g/mol. The summed E-state index contributed by atoms with van der Waals surface area (Å²) in [6.07, 6.45) is 1.45. The number of halogens is 1. The molecule has 2 N–H and O–H groups in total. The summed E-state index contributed by atoms with van der Waals surface area (Å²) in [5, 5.41) is 7.01. The zero-order valence-electron chi connectivity index (χ0n) is 15.0. The molecular formula is C19H22ClN3O3. The summed E-state index contributed by atoms with van der Waals surface area (Å²) < 4.78 is 11.3. The van der Waals surface area contributed by atoms with Crippen LogP contribution in [-0.4, -0.2) is 25.0 Å². The van der Waals surface area contributed by atoms with Gasteiger partial charge < -0.3 is 14.8 Å². The quantitative estimate of drug-likeness (QED) is 0.545. The minimum absolute atomic E-state index is 0.0328. The Morgan fingerprint density at radius 1 is 1.27 bits per heavy atom. The molecule has 2 amide bonds. The largest absolute Gasteiger partial charge is 0.490 e. The van der Waals surface area contributed by atoms with E-state index in [1.165, 1.54) is 6.21 Å². The van der Waals surface area contributed by atoms with Crippen molar-refractivity contribution in [3.63, 3.8) is 0 Å². The van der Waals surface area contributed by atoms with Crippen molar-refractivity contribution in [3.8, 4) is 11.5 Å². The number of amides is 2. The molecule has 0 radical (unpaired) electrons. The standard InChI is InChI=1S/C19H22ClN3O3/c1-4-25-17-11-14(10-16(20)18(17)26-13(2)3)12-21-23-19(24)22-15-8-6-5-7-9-15/h5-13H,4H2,1-3H3,(H2,22,23,24)/b21-12+. The minimum atomic E-state index is -0.441. The molecule has 6 nitrogen and oxygen atoms in total. The lowest BCUT2D eigenvalue weighted by Gasteiger charge is -2.16. The first-order valence-electron chi connectivity index (χ1n) is 8.27. The van der Waals surface area contributed by atoms with Gasteiger partial charge in [0.05, 0.1) is 23.9 Å². The third-order valence-corrected chi connectivity index (χ3v) is 3.38. The Labute approximate surface area is 158 Å². The maximum Gasteiger partial charge on any atom is 0.339 e. The number of hydrogen-bond donors (Lipinski definition) is 2. The van der Waals surface area contributed by atoms with Crippen LogP contribution in [0.3, 0.4) is 0 Å². The molecule has 0 heterocycles. The van der Waals surface area contributed by atoms with Crippen molar-refractivity contribution in [2.24, 2.45) is 5.10 Å². The smallest absolute Gasteiger partial charge is 0.339 e. The number of carbonyl (C=O) groups excluding carboxylic acids is 1. The monoisotopic (exact) mass is 375 g/mol. The van der Waals surface area contributed by atoms with Crippen molar-refractivity contribution in [1.29, 1.82) is 0 Å². The summed E-state index contributed by atoms with van der Waals surface area (Å²) in [7, 11) is 0. The van der Waals surface area contributed by atoms with Crippen LogP contribution in [0, 0.1) is 0 Å². The van der Waals surface area contributed by atoms with E-state index in [2.05, 4.69) is 15.8 Å². The van der Waals surface area contributed by atoms with Crippen LogP contribution in [0.2, 0.25) is 5.02 Å². The van der Waals surface area contributed by atoms with E-state index in [1.54, 1.807) is 24.3 Å². The van der Waals surface area contributed by atoms with Crippen molar-refractivity contribution >= 4 is 29.5 Å². The molecule has 0 bridgehead atoms. The Morgan fingerprint density at radius 2 is 2.00 bits per heavy atom. The molecule has 138 valence electrons. The summed E-state index contributed by atoms with van der Waals surface area (Å²) in [5.41, 5.74) is 3.75. The molecular weight excluding hydrogens is 354 g/mol. The van der Waals surface area contributed by atoms with Gasteiger partial charge >= 0.3 is 6.03 Å². The van der Waals surface area contributed by atoms with E-state index in [0.29, 0.717) is 34.4 Å². The predicted molar refractivity (Wildman–Crippen MR) is 105 cm³/mol. The molecule has 0 unspecified atom stereocenters. The third-order valence-electron chi connectivity index (χ3n) is 3.10. The number of rotatable bonds is 7. The Morgan fingerprint density at radius 3 is 2.65 bits per heavy atom. The molecule has 0 atom stereocenters. The number of benzene rings is 2. The number of carbonyl (C=O) groups is 1. The Balaban J connectivity index is 2.06. The molecule has 2 aromatic carbocycles. The second-order valence-electron chi connectivity index (χ2n) is 5.62. The van der Waals surface area contributed by atoms with Gasteiger partial charge in [0.25, 0.3) is 0 Å². The van der Waals surface area contributed by atoms with E-state index in [9.17, 15) is 4.79 Å². The van der Waals surface area contributed by atoms with Crippen LogP contribution in [0.5, 0.6) is 11.5 Å². The van der Waals surface area contributed by atoms with Gasteiger partial charge in [0, 0.05) is 5.69 Å². The lowest BCUT2D eigenvalue weighted by Crippen LogP contribution is -2.24. The Bertz CT molecular complexity index is 764.